The van der Waals surface area contributed by atoms with E-state index in [0.29, 0.717) is 5.92 Å². The number of hydrogen-bond acceptors (Lipinski definition) is 2. The van der Waals surface area contributed by atoms with E-state index in [2.05, 4.69) is 18.4 Å². The zero-order valence-corrected chi connectivity index (χ0v) is 12.2. The Balaban J connectivity index is 2.27. The maximum atomic E-state index is 11.0. The summed E-state index contributed by atoms with van der Waals surface area (Å²) >= 11 is 0. The Hall–Kier alpha value is -1.84. The predicted octanol–water partition coefficient (Wildman–Crippen LogP) is 4.77. The van der Waals surface area contributed by atoms with E-state index in [0.717, 1.165) is 23.9 Å². The summed E-state index contributed by atoms with van der Waals surface area (Å²) in [4.78, 5) is 10.7. The predicted molar refractivity (Wildman–Crippen MR) is 81.9 cm³/mol. The van der Waals surface area contributed by atoms with Gasteiger partial charge in [-0.1, -0.05) is 39.2 Å². The molecule has 1 aromatic heterocycles. The fourth-order valence-corrected chi connectivity index (χ4v) is 2.72. The number of non-ortho nitro benzene ring substituents is 1. The first-order valence-corrected chi connectivity index (χ1v) is 7.39. The van der Waals surface area contributed by atoms with Gasteiger partial charge in [-0.3, -0.25) is 10.1 Å². The van der Waals surface area contributed by atoms with Gasteiger partial charge in [0.1, 0.15) is 0 Å². The molecule has 0 spiro atoms. The number of aromatic nitrogens is 1. The Labute approximate surface area is 119 Å². The van der Waals surface area contributed by atoms with Gasteiger partial charge in [0.2, 0.25) is 0 Å². The normalized spacial score (nSPS) is 12.7. The molecule has 108 valence electrons. The van der Waals surface area contributed by atoms with Gasteiger partial charge in [0.15, 0.2) is 0 Å². The van der Waals surface area contributed by atoms with E-state index in [-0.39, 0.29) is 10.6 Å². The molecule has 0 saturated heterocycles. The molecule has 0 fully saturated rings. The van der Waals surface area contributed by atoms with Crippen LogP contribution in [0.25, 0.3) is 10.9 Å². The van der Waals surface area contributed by atoms with Crippen LogP contribution in [-0.4, -0.2) is 9.49 Å². The average Bonchev–Trinajstić information content (AvgIpc) is 2.86. The van der Waals surface area contributed by atoms with Gasteiger partial charge in [-0.25, -0.2) is 0 Å². The van der Waals surface area contributed by atoms with Gasteiger partial charge in [-0.2, -0.15) is 0 Å². The molecule has 2 rings (SSSR count). The molecule has 1 unspecified atom stereocenters. The molecule has 0 bridgehead atoms. The number of unbranched alkanes of at least 4 members (excludes halogenated alkanes) is 1. The Morgan fingerprint density at radius 3 is 2.75 bits per heavy atom. The largest absolute Gasteiger partial charge is 0.347 e. The second kappa shape index (κ2) is 6.55. The molecule has 4 nitrogen and oxygen atoms in total. The van der Waals surface area contributed by atoms with Crippen LogP contribution in [0.4, 0.5) is 5.69 Å². The van der Waals surface area contributed by atoms with Crippen LogP contribution in [0.3, 0.4) is 0 Å². The summed E-state index contributed by atoms with van der Waals surface area (Å²) in [7, 11) is 0. The molecule has 0 aliphatic rings. The van der Waals surface area contributed by atoms with Crippen LogP contribution in [0.1, 0.15) is 39.5 Å². The van der Waals surface area contributed by atoms with Crippen molar-refractivity contribution in [3.8, 4) is 0 Å². The van der Waals surface area contributed by atoms with Crippen LogP contribution in [-0.2, 0) is 6.54 Å². The van der Waals surface area contributed by atoms with Gasteiger partial charge in [-0.15, -0.1) is 0 Å². The fourth-order valence-electron chi connectivity index (χ4n) is 2.72. The minimum Gasteiger partial charge on any atom is -0.347 e. The Bertz CT molecular complexity index is 589. The zero-order chi connectivity index (χ0) is 14.5. The minimum absolute atomic E-state index is 0.197. The maximum Gasteiger partial charge on any atom is 0.278 e. The highest BCUT2D eigenvalue weighted by atomic mass is 16.6. The third-order valence-corrected chi connectivity index (χ3v) is 3.99. The number of fused-ring (bicyclic) bond motifs is 1. The van der Waals surface area contributed by atoms with E-state index in [1.54, 1.807) is 12.1 Å². The highest BCUT2D eigenvalue weighted by Crippen LogP contribution is 2.27. The summed E-state index contributed by atoms with van der Waals surface area (Å²) in [6.07, 6.45) is 6.81. The monoisotopic (exact) mass is 274 g/mol. The quantitative estimate of drug-likeness (QED) is 0.539. The van der Waals surface area contributed by atoms with E-state index >= 15 is 0 Å². The zero-order valence-electron chi connectivity index (χ0n) is 12.2. The van der Waals surface area contributed by atoms with Crippen molar-refractivity contribution in [1.29, 1.82) is 0 Å². The summed E-state index contributed by atoms with van der Waals surface area (Å²) in [6.45, 7) is 5.37. The van der Waals surface area contributed by atoms with Gasteiger partial charge in [0.05, 0.1) is 15.8 Å². The van der Waals surface area contributed by atoms with Crippen molar-refractivity contribution >= 4 is 16.6 Å². The molecule has 0 amide bonds. The third-order valence-electron chi connectivity index (χ3n) is 3.99. The molecule has 1 heterocycles. The first-order chi connectivity index (χ1) is 9.67. The summed E-state index contributed by atoms with van der Waals surface area (Å²) in [5.74, 6) is 0.643. The Kier molecular flexibility index (Phi) is 4.77. The van der Waals surface area contributed by atoms with Crippen LogP contribution in [0.2, 0.25) is 0 Å². The maximum absolute atomic E-state index is 11.0. The second-order valence-electron chi connectivity index (χ2n) is 5.35. The molecule has 1 atom stereocenters. The first-order valence-electron chi connectivity index (χ1n) is 7.39. The molecular formula is C16H22N2O2. The molecule has 0 aliphatic carbocycles. The lowest BCUT2D eigenvalue weighted by Crippen LogP contribution is -2.09. The van der Waals surface area contributed by atoms with Crippen LogP contribution in [0.5, 0.6) is 0 Å². The van der Waals surface area contributed by atoms with Gasteiger partial charge in [0, 0.05) is 18.8 Å². The van der Waals surface area contributed by atoms with Crippen LogP contribution >= 0.6 is 0 Å². The minimum atomic E-state index is -0.305. The van der Waals surface area contributed by atoms with Crippen molar-refractivity contribution in [2.75, 3.05) is 0 Å². The van der Waals surface area contributed by atoms with E-state index in [1.165, 1.54) is 19.3 Å². The van der Waals surface area contributed by atoms with E-state index in [4.69, 9.17) is 0 Å². The molecule has 0 aliphatic heterocycles. The number of hydrogen-bond donors (Lipinski definition) is 0. The van der Waals surface area contributed by atoms with Gasteiger partial charge in [-0.05, 0) is 24.5 Å². The molecule has 0 radical (unpaired) electrons. The van der Waals surface area contributed by atoms with Crippen LogP contribution in [0.15, 0.2) is 30.5 Å². The number of nitro groups is 1. The van der Waals surface area contributed by atoms with Crippen LogP contribution < -0.4 is 0 Å². The van der Waals surface area contributed by atoms with Crippen molar-refractivity contribution in [2.45, 2.75) is 46.1 Å². The Morgan fingerprint density at radius 1 is 1.30 bits per heavy atom. The van der Waals surface area contributed by atoms with Gasteiger partial charge >= 0.3 is 0 Å². The topological polar surface area (TPSA) is 48.1 Å². The van der Waals surface area contributed by atoms with Gasteiger partial charge in [0.25, 0.3) is 5.69 Å². The van der Waals surface area contributed by atoms with Crippen molar-refractivity contribution in [3.63, 3.8) is 0 Å². The second-order valence-corrected chi connectivity index (χ2v) is 5.35. The summed E-state index contributed by atoms with van der Waals surface area (Å²) in [5, 5.41) is 11.8. The smallest absolute Gasteiger partial charge is 0.278 e. The van der Waals surface area contributed by atoms with Crippen molar-refractivity contribution in [2.24, 2.45) is 5.92 Å². The van der Waals surface area contributed by atoms with E-state index in [9.17, 15) is 10.1 Å². The van der Waals surface area contributed by atoms with Crippen LogP contribution in [0, 0.1) is 16.0 Å². The van der Waals surface area contributed by atoms with Gasteiger partial charge < -0.3 is 4.57 Å². The Morgan fingerprint density at radius 2 is 2.10 bits per heavy atom. The molecule has 20 heavy (non-hydrogen) atoms. The lowest BCUT2D eigenvalue weighted by Gasteiger charge is -2.16. The summed E-state index contributed by atoms with van der Waals surface area (Å²) < 4.78 is 2.16. The number of nitro benzene ring substituents is 1. The highest BCUT2D eigenvalue weighted by Gasteiger charge is 2.15. The molecule has 0 N–H and O–H groups in total. The van der Waals surface area contributed by atoms with Crippen molar-refractivity contribution < 1.29 is 4.92 Å². The summed E-state index contributed by atoms with van der Waals surface area (Å²) in [5.41, 5.74) is 1.16. The van der Waals surface area contributed by atoms with E-state index < -0.39 is 0 Å². The standard InChI is InChI=1S/C16H22N2O2/c1-3-5-7-13(4-2)12-17-11-10-14-15(17)8-6-9-16(14)18(19)20/h6,8-11,13H,3-5,7,12H2,1-2H3. The molecule has 4 heteroatoms. The number of benzene rings is 1. The number of nitrogens with zero attached hydrogens (tertiary/aromatic N) is 2. The summed E-state index contributed by atoms with van der Waals surface area (Å²) in [6, 6.07) is 7.17. The lowest BCUT2D eigenvalue weighted by atomic mass is 9.99. The SMILES string of the molecule is CCCCC(CC)Cn1ccc2c([N+](=O)[O-])cccc21. The van der Waals surface area contributed by atoms with Crippen molar-refractivity contribution in [3.05, 3.63) is 40.6 Å². The highest BCUT2D eigenvalue weighted by molar-refractivity contribution is 5.89. The molecule has 2 aromatic rings. The first kappa shape index (κ1) is 14.6. The average molecular weight is 274 g/mol. The number of rotatable bonds is 7. The molecular weight excluding hydrogens is 252 g/mol. The van der Waals surface area contributed by atoms with E-state index in [1.807, 2.05) is 18.3 Å². The third kappa shape index (κ3) is 3.00. The lowest BCUT2D eigenvalue weighted by molar-refractivity contribution is -0.383. The molecule has 0 saturated carbocycles. The van der Waals surface area contributed by atoms with Crippen molar-refractivity contribution in [1.82, 2.24) is 4.57 Å². The fraction of sp³-hybridized carbons (Fsp3) is 0.500. The molecule has 1 aromatic carbocycles.